The predicted molar refractivity (Wildman–Crippen MR) is 65.3 cm³/mol. The zero-order chi connectivity index (χ0) is 11.7. The van der Waals surface area contributed by atoms with E-state index in [2.05, 4.69) is 40.7 Å². The summed E-state index contributed by atoms with van der Waals surface area (Å²) >= 11 is 0. The average molecular weight is 221 g/mol. The predicted octanol–water partition coefficient (Wildman–Crippen LogP) is 0.588. The Labute approximate surface area is 96.3 Å². The maximum atomic E-state index is 5.67. The fraction of sp³-hybridized carbons (Fsp3) is 0.636. The molecule has 0 bridgehead atoms. The van der Waals surface area contributed by atoms with Crippen molar-refractivity contribution in [3.63, 3.8) is 0 Å². The summed E-state index contributed by atoms with van der Waals surface area (Å²) < 4.78 is 0. The van der Waals surface area contributed by atoms with E-state index in [4.69, 9.17) is 5.73 Å². The van der Waals surface area contributed by atoms with Crippen LogP contribution in [-0.2, 0) is 0 Å². The van der Waals surface area contributed by atoms with Crippen LogP contribution in [-0.4, -0.2) is 47.1 Å². The molecule has 2 unspecified atom stereocenters. The maximum absolute atomic E-state index is 5.67. The second kappa shape index (κ2) is 4.25. The Morgan fingerprint density at radius 2 is 1.88 bits per heavy atom. The van der Waals surface area contributed by atoms with E-state index in [-0.39, 0.29) is 0 Å². The van der Waals surface area contributed by atoms with Crippen LogP contribution < -0.4 is 10.6 Å². The van der Waals surface area contributed by atoms with E-state index in [1.54, 1.807) is 0 Å². The second-order valence-electron chi connectivity index (χ2n) is 4.57. The molecule has 1 aliphatic heterocycles. The molecule has 1 aromatic rings. The first-order valence-electron chi connectivity index (χ1n) is 5.62. The summed E-state index contributed by atoms with van der Waals surface area (Å²) in [5, 5.41) is 0. The maximum Gasteiger partial charge on any atom is 0.134 e. The number of nitrogens with zero attached hydrogens (tertiary/aromatic N) is 4. The highest BCUT2D eigenvalue weighted by Crippen LogP contribution is 2.19. The summed E-state index contributed by atoms with van der Waals surface area (Å²) in [4.78, 5) is 12.9. The standard InChI is InChI=1S/C11H19N5/c1-8-5-16(6-9(2)15(8)3)11-4-10(12)13-7-14-11/h4,7-9H,5-6H2,1-3H3,(H2,12,13,14). The van der Waals surface area contributed by atoms with Gasteiger partial charge in [0.1, 0.15) is 18.0 Å². The third-order valence-corrected chi connectivity index (χ3v) is 3.36. The number of nitrogen functional groups attached to an aromatic ring is 1. The quantitative estimate of drug-likeness (QED) is 0.752. The van der Waals surface area contributed by atoms with Crippen molar-refractivity contribution in [3.8, 4) is 0 Å². The molecule has 5 nitrogen and oxygen atoms in total. The fourth-order valence-corrected chi connectivity index (χ4v) is 2.13. The monoisotopic (exact) mass is 221 g/mol. The van der Waals surface area contributed by atoms with Crippen molar-refractivity contribution in [1.29, 1.82) is 0 Å². The fourth-order valence-electron chi connectivity index (χ4n) is 2.13. The Morgan fingerprint density at radius 1 is 1.25 bits per heavy atom. The highest BCUT2D eigenvalue weighted by atomic mass is 15.3. The third-order valence-electron chi connectivity index (χ3n) is 3.36. The number of aromatic nitrogens is 2. The van der Waals surface area contributed by atoms with Crippen LogP contribution in [0.4, 0.5) is 11.6 Å². The molecular formula is C11H19N5. The molecule has 2 heterocycles. The van der Waals surface area contributed by atoms with E-state index in [0.29, 0.717) is 17.9 Å². The van der Waals surface area contributed by atoms with Gasteiger partial charge in [0.25, 0.3) is 0 Å². The molecule has 0 aromatic carbocycles. The molecule has 0 aliphatic carbocycles. The summed E-state index contributed by atoms with van der Waals surface area (Å²) in [6, 6.07) is 2.89. The summed E-state index contributed by atoms with van der Waals surface area (Å²) in [6.45, 7) is 6.43. The van der Waals surface area contributed by atoms with Gasteiger partial charge in [-0.15, -0.1) is 0 Å². The number of anilines is 2. The Morgan fingerprint density at radius 3 is 2.44 bits per heavy atom. The van der Waals surface area contributed by atoms with Gasteiger partial charge in [0.15, 0.2) is 0 Å². The molecule has 1 fully saturated rings. The van der Waals surface area contributed by atoms with Gasteiger partial charge in [-0.2, -0.15) is 0 Å². The zero-order valence-electron chi connectivity index (χ0n) is 10.1. The van der Waals surface area contributed by atoms with E-state index < -0.39 is 0 Å². The van der Waals surface area contributed by atoms with Gasteiger partial charge in [-0.1, -0.05) is 0 Å². The van der Waals surface area contributed by atoms with Crippen molar-refractivity contribution in [2.24, 2.45) is 0 Å². The molecule has 0 saturated carbocycles. The molecule has 88 valence electrons. The smallest absolute Gasteiger partial charge is 0.134 e. The van der Waals surface area contributed by atoms with Crippen molar-refractivity contribution < 1.29 is 0 Å². The third kappa shape index (κ3) is 2.09. The Kier molecular flexibility index (Phi) is 2.96. The molecule has 0 radical (unpaired) electrons. The van der Waals surface area contributed by atoms with Gasteiger partial charge in [0.2, 0.25) is 0 Å². The summed E-state index contributed by atoms with van der Waals surface area (Å²) in [5.74, 6) is 1.46. The van der Waals surface area contributed by atoms with Gasteiger partial charge < -0.3 is 10.6 Å². The van der Waals surface area contributed by atoms with Gasteiger partial charge in [0.05, 0.1) is 0 Å². The number of nitrogens with two attached hydrogens (primary N) is 1. The van der Waals surface area contributed by atoms with Crippen molar-refractivity contribution >= 4 is 11.6 Å². The molecule has 2 N–H and O–H groups in total. The molecule has 5 heteroatoms. The van der Waals surface area contributed by atoms with E-state index in [1.165, 1.54) is 6.33 Å². The lowest BCUT2D eigenvalue weighted by atomic mass is 10.1. The topological polar surface area (TPSA) is 58.3 Å². The normalized spacial score (nSPS) is 27.1. The highest BCUT2D eigenvalue weighted by molar-refractivity contribution is 5.46. The van der Waals surface area contributed by atoms with Crippen molar-refractivity contribution in [2.45, 2.75) is 25.9 Å². The van der Waals surface area contributed by atoms with Gasteiger partial charge in [0, 0.05) is 31.2 Å². The van der Waals surface area contributed by atoms with Gasteiger partial charge in [-0.25, -0.2) is 9.97 Å². The molecule has 2 rings (SSSR count). The second-order valence-corrected chi connectivity index (χ2v) is 4.57. The lowest BCUT2D eigenvalue weighted by Crippen LogP contribution is -2.55. The molecule has 1 aromatic heterocycles. The van der Waals surface area contributed by atoms with Crippen LogP contribution in [0.1, 0.15) is 13.8 Å². The van der Waals surface area contributed by atoms with Crippen LogP contribution in [0.25, 0.3) is 0 Å². The number of rotatable bonds is 1. The van der Waals surface area contributed by atoms with Crippen LogP contribution in [0.3, 0.4) is 0 Å². The Hall–Kier alpha value is -1.36. The number of hydrogen-bond acceptors (Lipinski definition) is 5. The number of piperazine rings is 1. The Balaban J connectivity index is 2.17. The first-order valence-corrected chi connectivity index (χ1v) is 5.62. The Bertz CT molecular complexity index is 355. The molecule has 1 saturated heterocycles. The van der Waals surface area contributed by atoms with E-state index >= 15 is 0 Å². The summed E-state index contributed by atoms with van der Waals surface area (Å²) in [7, 11) is 2.17. The minimum Gasteiger partial charge on any atom is -0.384 e. The molecule has 1 aliphatic rings. The van der Waals surface area contributed by atoms with Crippen LogP contribution in [0, 0.1) is 0 Å². The van der Waals surface area contributed by atoms with Crippen LogP contribution in [0.5, 0.6) is 0 Å². The largest absolute Gasteiger partial charge is 0.384 e. The van der Waals surface area contributed by atoms with E-state index in [9.17, 15) is 0 Å². The lowest BCUT2D eigenvalue weighted by molar-refractivity contribution is 0.169. The number of hydrogen-bond donors (Lipinski definition) is 1. The molecular weight excluding hydrogens is 202 g/mol. The van der Waals surface area contributed by atoms with Crippen LogP contribution >= 0.6 is 0 Å². The van der Waals surface area contributed by atoms with Crippen LogP contribution in [0.2, 0.25) is 0 Å². The van der Waals surface area contributed by atoms with Gasteiger partial charge in [-0.05, 0) is 20.9 Å². The van der Waals surface area contributed by atoms with Crippen molar-refractivity contribution in [1.82, 2.24) is 14.9 Å². The molecule has 16 heavy (non-hydrogen) atoms. The SMILES string of the molecule is CC1CN(c2cc(N)ncn2)CC(C)N1C. The van der Waals surface area contributed by atoms with E-state index in [1.807, 2.05) is 6.07 Å². The molecule has 0 amide bonds. The highest BCUT2D eigenvalue weighted by Gasteiger charge is 2.27. The van der Waals surface area contributed by atoms with Crippen molar-refractivity contribution in [3.05, 3.63) is 12.4 Å². The van der Waals surface area contributed by atoms with Gasteiger partial charge in [-0.3, -0.25) is 4.90 Å². The first kappa shape index (κ1) is 11.1. The summed E-state index contributed by atoms with van der Waals surface area (Å²) in [6.07, 6.45) is 1.53. The lowest BCUT2D eigenvalue weighted by Gasteiger charge is -2.42. The minimum absolute atomic E-state index is 0.528. The zero-order valence-corrected chi connectivity index (χ0v) is 10.1. The first-order chi connectivity index (χ1) is 7.58. The van der Waals surface area contributed by atoms with Crippen molar-refractivity contribution in [2.75, 3.05) is 30.8 Å². The molecule has 2 atom stereocenters. The van der Waals surface area contributed by atoms with Gasteiger partial charge >= 0.3 is 0 Å². The minimum atomic E-state index is 0.528. The molecule has 0 spiro atoms. The number of likely N-dealkylation sites (N-methyl/N-ethyl adjacent to an activating group) is 1. The van der Waals surface area contributed by atoms with Crippen LogP contribution in [0.15, 0.2) is 12.4 Å². The average Bonchev–Trinajstić information content (AvgIpc) is 2.25. The van der Waals surface area contributed by atoms with E-state index in [0.717, 1.165) is 18.9 Å². The summed E-state index contributed by atoms with van der Waals surface area (Å²) in [5.41, 5.74) is 5.67.